The summed E-state index contributed by atoms with van der Waals surface area (Å²) in [6.45, 7) is 6.83. The van der Waals surface area contributed by atoms with Gasteiger partial charge in [-0.2, -0.15) is 0 Å². The summed E-state index contributed by atoms with van der Waals surface area (Å²) in [5.41, 5.74) is 2.56. The molecule has 0 radical (unpaired) electrons. The smallest absolute Gasteiger partial charge is 0.225 e. The molecule has 0 saturated carbocycles. The fourth-order valence-electron chi connectivity index (χ4n) is 2.82. The second kappa shape index (κ2) is 7.28. The molecule has 5 heteroatoms. The lowest BCUT2D eigenvalue weighted by atomic mass is 9.96. The third kappa shape index (κ3) is 4.10. The molecule has 0 aliphatic carbocycles. The van der Waals surface area contributed by atoms with Gasteiger partial charge in [0.05, 0.1) is 11.0 Å². The van der Waals surface area contributed by atoms with Gasteiger partial charge < -0.3 is 9.88 Å². The molecule has 136 valence electrons. The molecule has 0 atom stereocenters. The zero-order chi connectivity index (χ0) is 18.7. The van der Waals surface area contributed by atoms with Gasteiger partial charge in [0.1, 0.15) is 11.6 Å². The van der Waals surface area contributed by atoms with E-state index < -0.39 is 5.41 Å². The molecule has 3 rings (SSSR count). The Balaban J connectivity index is 1.82. The summed E-state index contributed by atoms with van der Waals surface area (Å²) >= 11 is 0. The molecule has 1 N–H and O–H groups in total. The first-order valence-electron chi connectivity index (χ1n) is 8.81. The van der Waals surface area contributed by atoms with Crippen molar-refractivity contribution in [2.75, 3.05) is 6.54 Å². The first-order valence-corrected chi connectivity index (χ1v) is 8.81. The highest BCUT2D eigenvalue weighted by Crippen LogP contribution is 2.19. The maximum atomic E-state index is 13.2. The SMILES string of the molecule is CC(C)(C)C(=O)NCCc1nc2ccccc2n1Cc1ccc(F)cc1. The number of fused-ring (bicyclic) bond motifs is 1. The van der Waals surface area contributed by atoms with Crippen molar-refractivity contribution in [2.24, 2.45) is 5.41 Å². The van der Waals surface area contributed by atoms with E-state index in [4.69, 9.17) is 4.98 Å². The first kappa shape index (κ1) is 18.1. The number of halogens is 1. The Bertz CT molecular complexity index is 907. The largest absolute Gasteiger partial charge is 0.355 e. The number of carbonyl (C=O) groups excluding carboxylic acids is 1. The Labute approximate surface area is 153 Å². The van der Waals surface area contributed by atoms with Crippen molar-refractivity contribution in [1.82, 2.24) is 14.9 Å². The Morgan fingerprint density at radius 1 is 1.12 bits per heavy atom. The van der Waals surface area contributed by atoms with Gasteiger partial charge in [-0.3, -0.25) is 4.79 Å². The van der Waals surface area contributed by atoms with Crippen LogP contribution in [-0.4, -0.2) is 22.0 Å². The van der Waals surface area contributed by atoms with Crippen LogP contribution in [0.5, 0.6) is 0 Å². The monoisotopic (exact) mass is 353 g/mol. The third-order valence-corrected chi connectivity index (χ3v) is 4.30. The van der Waals surface area contributed by atoms with E-state index in [0.717, 1.165) is 22.4 Å². The van der Waals surface area contributed by atoms with Crippen molar-refractivity contribution in [3.63, 3.8) is 0 Å². The molecule has 3 aromatic rings. The second-order valence-corrected chi connectivity index (χ2v) is 7.49. The number of para-hydroxylation sites is 2. The molecule has 2 aromatic carbocycles. The van der Waals surface area contributed by atoms with E-state index in [1.54, 1.807) is 12.1 Å². The Hall–Kier alpha value is -2.69. The quantitative estimate of drug-likeness (QED) is 0.755. The molecular weight excluding hydrogens is 329 g/mol. The molecule has 0 unspecified atom stereocenters. The van der Waals surface area contributed by atoms with Gasteiger partial charge in [-0.05, 0) is 29.8 Å². The standard InChI is InChI=1S/C21H24FN3O/c1-21(2,3)20(26)23-13-12-19-24-17-6-4-5-7-18(17)25(19)14-15-8-10-16(22)11-9-15/h4-11H,12-14H2,1-3H3,(H,23,26). The predicted octanol–water partition coefficient (Wildman–Crippen LogP) is 3.93. The summed E-state index contributed by atoms with van der Waals surface area (Å²) in [6.07, 6.45) is 0.637. The zero-order valence-electron chi connectivity index (χ0n) is 15.4. The molecule has 1 heterocycles. The van der Waals surface area contributed by atoms with E-state index >= 15 is 0 Å². The molecule has 26 heavy (non-hydrogen) atoms. The number of amides is 1. The highest BCUT2D eigenvalue weighted by Gasteiger charge is 2.20. The van der Waals surface area contributed by atoms with Crippen LogP contribution in [0, 0.1) is 11.2 Å². The topological polar surface area (TPSA) is 46.9 Å². The molecule has 0 saturated heterocycles. The summed E-state index contributed by atoms with van der Waals surface area (Å²) in [4.78, 5) is 16.8. The number of carbonyl (C=O) groups is 1. The van der Waals surface area contributed by atoms with Crippen LogP contribution in [0.4, 0.5) is 4.39 Å². The van der Waals surface area contributed by atoms with Crippen LogP contribution in [0.1, 0.15) is 32.2 Å². The fourth-order valence-corrected chi connectivity index (χ4v) is 2.82. The maximum Gasteiger partial charge on any atom is 0.225 e. The molecule has 0 aliphatic rings. The Morgan fingerprint density at radius 3 is 2.50 bits per heavy atom. The van der Waals surface area contributed by atoms with Gasteiger partial charge in [0.25, 0.3) is 0 Å². The molecule has 4 nitrogen and oxygen atoms in total. The Kier molecular flexibility index (Phi) is 5.07. The van der Waals surface area contributed by atoms with Gasteiger partial charge in [-0.1, -0.05) is 45.0 Å². The number of aromatic nitrogens is 2. The van der Waals surface area contributed by atoms with Crippen LogP contribution in [0.25, 0.3) is 11.0 Å². The average Bonchev–Trinajstić information content (AvgIpc) is 2.94. The number of rotatable bonds is 5. The van der Waals surface area contributed by atoms with Crippen molar-refractivity contribution in [2.45, 2.75) is 33.7 Å². The highest BCUT2D eigenvalue weighted by molar-refractivity contribution is 5.81. The summed E-state index contributed by atoms with van der Waals surface area (Å²) in [5.74, 6) is 0.692. The minimum Gasteiger partial charge on any atom is -0.355 e. The van der Waals surface area contributed by atoms with E-state index in [0.29, 0.717) is 19.5 Å². The second-order valence-electron chi connectivity index (χ2n) is 7.49. The lowest BCUT2D eigenvalue weighted by Crippen LogP contribution is -2.36. The average molecular weight is 353 g/mol. The van der Waals surface area contributed by atoms with Crippen molar-refractivity contribution in [1.29, 1.82) is 0 Å². The third-order valence-electron chi connectivity index (χ3n) is 4.30. The Morgan fingerprint density at radius 2 is 1.81 bits per heavy atom. The van der Waals surface area contributed by atoms with Crippen molar-refractivity contribution >= 4 is 16.9 Å². The van der Waals surface area contributed by atoms with Crippen molar-refractivity contribution in [3.05, 3.63) is 65.7 Å². The van der Waals surface area contributed by atoms with Gasteiger partial charge in [0.2, 0.25) is 5.91 Å². The van der Waals surface area contributed by atoms with Crippen LogP contribution in [0.2, 0.25) is 0 Å². The van der Waals surface area contributed by atoms with Crippen molar-refractivity contribution in [3.8, 4) is 0 Å². The number of hydrogen-bond donors (Lipinski definition) is 1. The zero-order valence-corrected chi connectivity index (χ0v) is 15.4. The molecular formula is C21H24FN3O. The number of nitrogens with zero attached hydrogens (tertiary/aromatic N) is 2. The molecule has 0 fully saturated rings. The van der Waals surface area contributed by atoms with Gasteiger partial charge in [0.15, 0.2) is 0 Å². The number of imidazole rings is 1. The summed E-state index contributed by atoms with van der Waals surface area (Å²) in [7, 11) is 0. The molecule has 1 amide bonds. The predicted molar refractivity (Wildman–Crippen MR) is 101 cm³/mol. The van der Waals surface area contributed by atoms with Gasteiger partial charge in [-0.15, -0.1) is 0 Å². The normalized spacial score (nSPS) is 11.7. The van der Waals surface area contributed by atoms with Crippen LogP contribution in [-0.2, 0) is 17.8 Å². The molecule has 1 aromatic heterocycles. The van der Waals surface area contributed by atoms with E-state index in [-0.39, 0.29) is 11.7 Å². The maximum absolute atomic E-state index is 13.2. The van der Waals surface area contributed by atoms with E-state index in [1.807, 2.05) is 45.0 Å². The van der Waals surface area contributed by atoms with Crippen molar-refractivity contribution < 1.29 is 9.18 Å². The summed E-state index contributed by atoms with van der Waals surface area (Å²) < 4.78 is 15.3. The van der Waals surface area contributed by atoms with E-state index in [9.17, 15) is 9.18 Å². The van der Waals surface area contributed by atoms with E-state index in [1.165, 1.54) is 12.1 Å². The molecule has 0 aliphatic heterocycles. The highest BCUT2D eigenvalue weighted by atomic mass is 19.1. The summed E-state index contributed by atoms with van der Waals surface area (Å²) in [5, 5.41) is 2.97. The minimum atomic E-state index is -0.408. The lowest BCUT2D eigenvalue weighted by Gasteiger charge is -2.17. The van der Waals surface area contributed by atoms with Gasteiger partial charge in [0, 0.05) is 24.9 Å². The first-order chi connectivity index (χ1) is 12.3. The summed E-state index contributed by atoms with van der Waals surface area (Å²) in [6, 6.07) is 14.5. The molecule has 0 spiro atoms. The van der Waals surface area contributed by atoms with Gasteiger partial charge in [-0.25, -0.2) is 9.37 Å². The van der Waals surface area contributed by atoms with Gasteiger partial charge >= 0.3 is 0 Å². The fraction of sp³-hybridized carbons (Fsp3) is 0.333. The lowest BCUT2D eigenvalue weighted by molar-refractivity contribution is -0.128. The van der Waals surface area contributed by atoms with Crippen LogP contribution < -0.4 is 5.32 Å². The van der Waals surface area contributed by atoms with E-state index in [2.05, 4.69) is 9.88 Å². The minimum absolute atomic E-state index is 0.0266. The van der Waals surface area contributed by atoms with Crippen LogP contribution in [0.15, 0.2) is 48.5 Å². The number of nitrogens with one attached hydrogen (secondary N) is 1. The molecule has 0 bridgehead atoms. The van der Waals surface area contributed by atoms with Crippen LogP contribution in [0.3, 0.4) is 0 Å². The van der Waals surface area contributed by atoms with Crippen LogP contribution >= 0.6 is 0 Å². The number of benzene rings is 2. The number of hydrogen-bond acceptors (Lipinski definition) is 2.